The molecule has 0 aliphatic carbocycles. The standard InChI is InChI=1S/C19H20BrFN2O5/c1-12-13(2)23(8-9-26-3)19-16(10-17(22-18(12)19)28-20(24)25)27-11-14-4-6-15(21)7-5-14/h4-7,10H,8-9,11H2,1-3H3. The molecular weight excluding hydrogens is 435 g/mol. The molecule has 3 rings (SSSR count). The summed E-state index contributed by atoms with van der Waals surface area (Å²) in [4.78, 5) is 4.34. The van der Waals surface area contributed by atoms with Gasteiger partial charge in [0, 0.05) is 19.3 Å². The second-order valence-electron chi connectivity index (χ2n) is 6.19. The molecule has 7 nitrogen and oxygen atoms in total. The number of hydrogen-bond acceptors (Lipinski definition) is 6. The number of ether oxygens (including phenoxy) is 2. The van der Waals surface area contributed by atoms with Gasteiger partial charge in [-0.25, -0.2) is 9.37 Å². The Morgan fingerprint density at radius 2 is 1.89 bits per heavy atom. The second-order valence-corrected chi connectivity index (χ2v) is 7.31. The van der Waals surface area contributed by atoms with Crippen LogP contribution in [0.2, 0.25) is 0 Å². The number of methoxy groups -OCH3 is 1. The summed E-state index contributed by atoms with van der Waals surface area (Å²) in [6, 6.07) is 7.42. The summed E-state index contributed by atoms with van der Waals surface area (Å²) in [6.07, 6.45) is 0. The summed E-state index contributed by atoms with van der Waals surface area (Å²) in [5.41, 5.74) is 3.97. The zero-order chi connectivity index (χ0) is 20.3. The van der Waals surface area contributed by atoms with Gasteiger partial charge in [-0.2, -0.15) is 0 Å². The van der Waals surface area contributed by atoms with Gasteiger partial charge in [-0.1, -0.05) is 12.1 Å². The second kappa shape index (κ2) is 8.87. The fourth-order valence-electron chi connectivity index (χ4n) is 2.97. The highest BCUT2D eigenvalue weighted by atomic mass is 80.0. The lowest BCUT2D eigenvalue weighted by molar-refractivity contribution is -1.62. The zero-order valence-corrected chi connectivity index (χ0v) is 17.3. The quantitative estimate of drug-likeness (QED) is 0.511. The average Bonchev–Trinajstić information content (AvgIpc) is 2.90. The summed E-state index contributed by atoms with van der Waals surface area (Å²) in [5, 5.41) is 0. The van der Waals surface area contributed by atoms with E-state index >= 15 is 0 Å². The maximum atomic E-state index is 13.1. The Labute approximate surface area is 167 Å². The van der Waals surface area contributed by atoms with Crippen molar-refractivity contribution in [1.82, 2.24) is 9.55 Å². The first-order valence-electron chi connectivity index (χ1n) is 8.51. The van der Waals surface area contributed by atoms with Gasteiger partial charge >= 0.3 is 20.7 Å². The van der Waals surface area contributed by atoms with Crippen LogP contribution in [0.1, 0.15) is 16.8 Å². The molecule has 0 saturated carbocycles. The van der Waals surface area contributed by atoms with Crippen molar-refractivity contribution in [1.29, 1.82) is 0 Å². The Morgan fingerprint density at radius 1 is 1.18 bits per heavy atom. The molecule has 0 aliphatic heterocycles. The number of fused-ring (bicyclic) bond motifs is 1. The van der Waals surface area contributed by atoms with Crippen molar-refractivity contribution in [3.63, 3.8) is 0 Å². The van der Waals surface area contributed by atoms with Gasteiger partial charge in [0.05, 0.1) is 18.2 Å². The fraction of sp³-hybridized carbons (Fsp3) is 0.316. The van der Waals surface area contributed by atoms with Crippen LogP contribution in [0, 0.1) is 34.5 Å². The number of nitrogens with zero attached hydrogens (tertiary/aromatic N) is 2. The van der Waals surface area contributed by atoms with Crippen LogP contribution >= 0.6 is 0 Å². The van der Waals surface area contributed by atoms with E-state index in [2.05, 4.69) is 4.98 Å². The first-order chi connectivity index (χ1) is 13.4. The molecule has 0 bridgehead atoms. The lowest BCUT2D eigenvalue weighted by atomic mass is 10.2. The van der Waals surface area contributed by atoms with E-state index in [-0.39, 0.29) is 18.3 Å². The van der Waals surface area contributed by atoms with Crippen LogP contribution in [0.4, 0.5) is 4.39 Å². The first kappa shape index (κ1) is 20.5. The van der Waals surface area contributed by atoms with Crippen LogP contribution in [0.15, 0.2) is 30.3 Å². The van der Waals surface area contributed by atoms with Gasteiger partial charge in [0.2, 0.25) is 0 Å². The SMILES string of the molecule is COCCn1c(C)c(C)c2nc(O[Br+2]([O-])[O-])cc(OCc3ccc(F)cc3)c21. The monoisotopic (exact) mass is 454 g/mol. The largest absolute Gasteiger partial charge is 0.503 e. The first-order valence-corrected chi connectivity index (χ1v) is 10.5. The van der Waals surface area contributed by atoms with E-state index in [0.29, 0.717) is 24.4 Å². The number of benzene rings is 1. The smallest absolute Gasteiger partial charge is 0.486 e. The zero-order valence-electron chi connectivity index (χ0n) is 15.7. The van der Waals surface area contributed by atoms with Crippen LogP contribution in [-0.4, -0.2) is 23.3 Å². The van der Waals surface area contributed by atoms with E-state index in [0.717, 1.165) is 22.3 Å². The van der Waals surface area contributed by atoms with Crippen LogP contribution in [0.3, 0.4) is 0 Å². The molecule has 0 fully saturated rings. The molecule has 0 N–H and O–H groups in total. The van der Waals surface area contributed by atoms with Crippen molar-refractivity contribution in [3.8, 4) is 11.6 Å². The molecule has 0 spiro atoms. The minimum Gasteiger partial charge on any atom is -0.486 e. The minimum atomic E-state index is -3.48. The molecule has 0 aliphatic rings. The Kier molecular flexibility index (Phi) is 6.50. The molecular formula is C19H20BrFN2O5. The normalized spacial score (nSPS) is 11.4. The van der Waals surface area contributed by atoms with Gasteiger partial charge in [-0.3, -0.25) is 0 Å². The Bertz CT molecular complexity index is 959. The number of halogens is 2. The summed E-state index contributed by atoms with van der Waals surface area (Å²) < 4.78 is 53.2. The molecule has 1 aromatic carbocycles. The summed E-state index contributed by atoms with van der Waals surface area (Å²) in [7, 11) is 1.62. The lowest BCUT2D eigenvalue weighted by Gasteiger charge is -2.12. The van der Waals surface area contributed by atoms with E-state index in [1.807, 2.05) is 18.4 Å². The van der Waals surface area contributed by atoms with E-state index in [1.165, 1.54) is 18.2 Å². The molecule has 0 unspecified atom stereocenters. The van der Waals surface area contributed by atoms with E-state index in [9.17, 15) is 12.8 Å². The predicted octanol–water partition coefficient (Wildman–Crippen LogP) is 1.48. The number of pyridine rings is 1. The van der Waals surface area contributed by atoms with E-state index < -0.39 is 14.8 Å². The molecule has 2 heterocycles. The van der Waals surface area contributed by atoms with Crippen molar-refractivity contribution in [2.75, 3.05) is 13.7 Å². The number of hydrogen-bond donors (Lipinski definition) is 0. The number of aromatic nitrogens is 2. The molecule has 3 aromatic rings. The third-order valence-electron chi connectivity index (χ3n) is 4.48. The van der Waals surface area contributed by atoms with Gasteiger partial charge in [0.1, 0.15) is 17.9 Å². The molecule has 0 amide bonds. The van der Waals surface area contributed by atoms with Crippen molar-refractivity contribution < 1.29 is 40.9 Å². The maximum absolute atomic E-state index is 13.1. The van der Waals surface area contributed by atoms with Gasteiger partial charge in [0.15, 0.2) is 5.75 Å². The van der Waals surface area contributed by atoms with Gasteiger partial charge in [-0.05, 0) is 37.1 Å². The van der Waals surface area contributed by atoms with Gasteiger partial charge in [0.25, 0.3) is 0 Å². The number of aryl methyl sites for hydroxylation is 1. The highest BCUT2D eigenvalue weighted by Crippen LogP contribution is 2.34. The topological polar surface area (TPSA) is 91.6 Å². The summed E-state index contributed by atoms with van der Waals surface area (Å²) in [5.74, 6) is 0.0555. The minimum absolute atomic E-state index is 0.0476. The Hall–Kier alpha value is -2.20. The van der Waals surface area contributed by atoms with Crippen LogP contribution in [-0.2, 0) is 17.9 Å². The molecule has 0 atom stereocenters. The molecule has 0 radical (unpaired) electrons. The van der Waals surface area contributed by atoms with Gasteiger partial charge < -0.3 is 22.4 Å². The number of rotatable bonds is 8. The van der Waals surface area contributed by atoms with E-state index in [4.69, 9.17) is 13.3 Å². The van der Waals surface area contributed by atoms with Crippen molar-refractivity contribution in [3.05, 3.63) is 53.0 Å². The van der Waals surface area contributed by atoms with E-state index in [1.54, 1.807) is 19.2 Å². The molecule has 9 heteroatoms. The van der Waals surface area contributed by atoms with Gasteiger partial charge in [-0.15, -0.1) is 3.83 Å². The third-order valence-corrected chi connectivity index (χ3v) is 5.07. The Morgan fingerprint density at radius 3 is 2.54 bits per heavy atom. The summed E-state index contributed by atoms with van der Waals surface area (Å²) in [6.45, 7) is 5.11. The van der Waals surface area contributed by atoms with Crippen molar-refractivity contribution in [2.45, 2.75) is 27.0 Å². The molecule has 0 saturated heterocycles. The van der Waals surface area contributed by atoms with Crippen LogP contribution < -0.4 is 17.0 Å². The Balaban J connectivity index is 2.05. The fourth-order valence-corrected chi connectivity index (χ4v) is 3.41. The predicted molar refractivity (Wildman–Crippen MR) is 92.4 cm³/mol. The highest BCUT2D eigenvalue weighted by molar-refractivity contribution is 5.87. The lowest BCUT2D eigenvalue weighted by Crippen LogP contribution is -2.37. The summed E-state index contributed by atoms with van der Waals surface area (Å²) >= 11 is -3.48. The highest BCUT2D eigenvalue weighted by Gasteiger charge is 2.23. The molecule has 28 heavy (non-hydrogen) atoms. The molecule has 150 valence electrons. The van der Waals surface area contributed by atoms with Crippen molar-refractivity contribution in [2.24, 2.45) is 0 Å². The van der Waals surface area contributed by atoms with Crippen molar-refractivity contribution >= 4 is 11.0 Å². The average molecular weight is 455 g/mol. The maximum Gasteiger partial charge on any atom is 0.503 e. The molecule has 2 aromatic heterocycles. The van der Waals surface area contributed by atoms with Crippen LogP contribution in [0.5, 0.6) is 11.6 Å². The third kappa shape index (κ3) is 4.44. The van der Waals surface area contributed by atoms with Crippen LogP contribution in [0.25, 0.3) is 11.0 Å².